The minimum atomic E-state index is -0.589. The van der Waals surface area contributed by atoms with Crippen LogP contribution in [0.5, 0.6) is 5.75 Å². The molecule has 1 amide bonds. The molecule has 114 valence electrons. The van der Waals surface area contributed by atoms with Gasteiger partial charge in [-0.3, -0.25) is 14.9 Å². The van der Waals surface area contributed by atoms with Gasteiger partial charge in [0, 0.05) is 12.1 Å². The highest BCUT2D eigenvalue weighted by atomic mass is 35.5. The third kappa shape index (κ3) is 3.29. The topological polar surface area (TPSA) is 81.5 Å². The van der Waals surface area contributed by atoms with E-state index < -0.39 is 10.8 Å². The van der Waals surface area contributed by atoms with E-state index in [1.807, 2.05) is 0 Å². The third-order valence-corrected chi connectivity index (χ3v) is 3.46. The largest absolute Gasteiger partial charge is 0.495 e. The second kappa shape index (κ2) is 6.64. The Morgan fingerprint density at radius 2 is 1.86 bits per heavy atom. The molecule has 22 heavy (non-hydrogen) atoms. The number of rotatable bonds is 4. The number of hydrogen-bond acceptors (Lipinski definition) is 4. The second-order valence-corrected chi connectivity index (χ2v) is 5.01. The van der Waals surface area contributed by atoms with Gasteiger partial charge in [-0.15, -0.1) is 0 Å². The molecule has 0 fully saturated rings. The van der Waals surface area contributed by atoms with Crippen molar-refractivity contribution in [2.24, 2.45) is 0 Å². The number of nitrogens with one attached hydrogen (secondary N) is 1. The fourth-order valence-corrected chi connectivity index (χ4v) is 2.38. The number of nitro benzene ring substituents is 1. The lowest BCUT2D eigenvalue weighted by Gasteiger charge is -2.11. The summed E-state index contributed by atoms with van der Waals surface area (Å²) >= 11 is 11.9. The fraction of sp³-hybridized carbons (Fsp3) is 0.0714. The van der Waals surface area contributed by atoms with E-state index in [1.54, 1.807) is 6.07 Å². The Hall–Kier alpha value is -2.31. The molecule has 0 bridgehead atoms. The normalized spacial score (nSPS) is 10.1. The Morgan fingerprint density at radius 1 is 1.23 bits per heavy atom. The summed E-state index contributed by atoms with van der Waals surface area (Å²) in [5.41, 5.74) is 0.0541. The molecule has 0 aromatic heterocycles. The SMILES string of the molecule is COc1ccc([N+](=O)[O-])cc1NC(=O)c1c(Cl)cccc1Cl. The van der Waals surface area contributed by atoms with Crippen LogP contribution in [-0.2, 0) is 0 Å². The van der Waals surface area contributed by atoms with Gasteiger partial charge in [0.05, 0.1) is 33.3 Å². The highest BCUT2D eigenvalue weighted by Gasteiger charge is 2.18. The molecule has 0 aliphatic heterocycles. The van der Waals surface area contributed by atoms with Crippen molar-refractivity contribution in [1.82, 2.24) is 0 Å². The van der Waals surface area contributed by atoms with Crippen molar-refractivity contribution >= 4 is 40.5 Å². The summed E-state index contributed by atoms with van der Waals surface area (Å²) in [6.07, 6.45) is 0. The van der Waals surface area contributed by atoms with Gasteiger partial charge in [-0.25, -0.2) is 0 Å². The van der Waals surface area contributed by atoms with Gasteiger partial charge >= 0.3 is 0 Å². The maximum atomic E-state index is 12.3. The van der Waals surface area contributed by atoms with Crippen LogP contribution in [0.3, 0.4) is 0 Å². The Balaban J connectivity index is 2.39. The summed E-state index contributed by atoms with van der Waals surface area (Å²) in [6, 6.07) is 8.51. The van der Waals surface area contributed by atoms with Crippen LogP contribution >= 0.6 is 23.2 Å². The first kappa shape index (κ1) is 16.1. The zero-order valence-corrected chi connectivity index (χ0v) is 12.8. The summed E-state index contributed by atoms with van der Waals surface area (Å²) in [6.45, 7) is 0. The van der Waals surface area contributed by atoms with Gasteiger partial charge in [-0.1, -0.05) is 29.3 Å². The molecule has 0 heterocycles. The number of hydrogen-bond donors (Lipinski definition) is 1. The summed E-state index contributed by atoms with van der Waals surface area (Å²) in [5, 5.41) is 13.7. The number of carbonyl (C=O) groups excluding carboxylic acids is 1. The number of non-ortho nitro benzene ring substituents is 1. The number of benzene rings is 2. The lowest BCUT2D eigenvalue weighted by Crippen LogP contribution is -2.14. The molecule has 2 rings (SSSR count). The van der Waals surface area contributed by atoms with E-state index in [9.17, 15) is 14.9 Å². The monoisotopic (exact) mass is 340 g/mol. The fourth-order valence-electron chi connectivity index (χ4n) is 1.81. The summed E-state index contributed by atoms with van der Waals surface area (Å²) < 4.78 is 5.07. The summed E-state index contributed by atoms with van der Waals surface area (Å²) in [7, 11) is 1.39. The maximum Gasteiger partial charge on any atom is 0.271 e. The van der Waals surface area contributed by atoms with E-state index in [0.717, 1.165) is 0 Å². The standard InChI is InChI=1S/C14H10Cl2N2O4/c1-22-12-6-5-8(18(20)21)7-11(12)17-14(19)13-9(15)3-2-4-10(13)16/h2-7H,1H3,(H,17,19). The van der Waals surface area contributed by atoms with Crippen LogP contribution in [0.1, 0.15) is 10.4 Å². The first-order valence-corrected chi connectivity index (χ1v) is 6.77. The summed E-state index contributed by atoms with van der Waals surface area (Å²) in [4.78, 5) is 22.6. The molecule has 8 heteroatoms. The molecule has 0 saturated heterocycles. The van der Waals surface area contributed by atoms with E-state index in [2.05, 4.69) is 5.32 Å². The van der Waals surface area contributed by atoms with Gasteiger partial charge in [0.15, 0.2) is 0 Å². The highest BCUT2D eigenvalue weighted by Crippen LogP contribution is 2.31. The van der Waals surface area contributed by atoms with Crippen molar-refractivity contribution in [3.63, 3.8) is 0 Å². The first-order valence-electron chi connectivity index (χ1n) is 6.02. The number of amides is 1. The van der Waals surface area contributed by atoms with Crippen LogP contribution in [0.4, 0.5) is 11.4 Å². The molecule has 2 aromatic carbocycles. The van der Waals surface area contributed by atoms with Crippen LogP contribution in [0, 0.1) is 10.1 Å². The van der Waals surface area contributed by atoms with Crippen LogP contribution in [-0.4, -0.2) is 17.9 Å². The lowest BCUT2D eigenvalue weighted by molar-refractivity contribution is -0.384. The molecular weight excluding hydrogens is 331 g/mol. The quantitative estimate of drug-likeness (QED) is 0.669. The molecular formula is C14H10Cl2N2O4. The Morgan fingerprint density at radius 3 is 2.41 bits per heavy atom. The van der Waals surface area contributed by atoms with Crippen molar-refractivity contribution in [3.8, 4) is 5.75 Å². The van der Waals surface area contributed by atoms with Gasteiger partial charge in [-0.2, -0.15) is 0 Å². The molecule has 0 aliphatic rings. The van der Waals surface area contributed by atoms with Crippen molar-refractivity contribution < 1.29 is 14.5 Å². The predicted molar refractivity (Wildman–Crippen MR) is 84.1 cm³/mol. The molecule has 0 spiro atoms. The Labute approximate surface area is 135 Å². The molecule has 0 radical (unpaired) electrons. The molecule has 6 nitrogen and oxygen atoms in total. The molecule has 2 aromatic rings. The maximum absolute atomic E-state index is 12.3. The van der Waals surface area contributed by atoms with E-state index in [4.69, 9.17) is 27.9 Å². The molecule has 1 N–H and O–H groups in total. The van der Waals surface area contributed by atoms with Crippen molar-refractivity contribution in [1.29, 1.82) is 0 Å². The molecule has 0 atom stereocenters. The van der Waals surface area contributed by atoms with Crippen molar-refractivity contribution in [3.05, 3.63) is 62.1 Å². The number of nitrogens with zero attached hydrogens (tertiary/aromatic N) is 1. The molecule has 0 saturated carbocycles. The average molecular weight is 341 g/mol. The average Bonchev–Trinajstić information content (AvgIpc) is 2.46. The van der Waals surface area contributed by atoms with Gasteiger partial charge < -0.3 is 10.1 Å². The third-order valence-electron chi connectivity index (χ3n) is 2.83. The van der Waals surface area contributed by atoms with Crippen LogP contribution in [0.2, 0.25) is 10.0 Å². The lowest BCUT2D eigenvalue weighted by atomic mass is 10.2. The number of halogens is 2. The predicted octanol–water partition coefficient (Wildman–Crippen LogP) is 4.16. The minimum absolute atomic E-state index is 0.0828. The van der Waals surface area contributed by atoms with Gasteiger partial charge in [0.25, 0.3) is 11.6 Å². The molecule has 0 aliphatic carbocycles. The van der Waals surface area contributed by atoms with Crippen molar-refractivity contribution in [2.75, 3.05) is 12.4 Å². The van der Waals surface area contributed by atoms with E-state index >= 15 is 0 Å². The zero-order chi connectivity index (χ0) is 16.3. The van der Waals surface area contributed by atoms with Crippen LogP contribution in [0.15, 0.2) is 36.4 Å². The van der Waals surface area contributed by atoms with Gasteiger partial charge in [-0.05, 0) is 18.2 Å². The first-order chi connectivity index (χ1) is 10.4. The van der Waals surface area contributed by atoms with Gasteiger partial charge in [0.2, 0.25) is 0 Å². The number of carbonyl (C=O) groups is 1. The Bertz CT molecular complexity index is 729. The minimum Gasteiger partial charge on any atom is -0.495 e. The smallest absolute Gasteiger partial charge is 0.271 e. The molecule has 0 unspecified atom stereocenters. The van der Waals surface area contributed by atoms with Crippen molar-refractivity contribution in [2.45, 2.75) is 0 Å². The summed E-state index contributed by atoms with van der Waals surface area (Å²) in [5.74, 6) is -0.309. The second-order valence-electron chi connectivity index (χ2n) is 4.19. The van der Waals surface area contributed by atoms with Crippen LogP contribution in [0.25, 0.3) is 0 Å². The van der Waals surface area contributed by atoms with E-state index in [1.165, 1.54) is 37.4 Å². The van der Waals surface area contributed by atoms with E-state index in [0.29, 0.717) is 0 Å². The van der Waals surface area contributed by atoms with Crippen LogP contribution < -0.4 is 10.1 Å². The number of anilines is 1. The Kier molecular flexibility index (Phi) is 4.85. The number of nitro groups is 1. The van der Waals surface area contributed by atoms with Gasteiger partial charge in [0.1, 0.15) is 5.75 Å². The zero-order valence-electron chi connectivity index (χ0n) is 11.3. The number of methoxy groups -OCH3 is 1. The number of ether oxygens (including phenoxy) is 1. The highest BCUT2D eigenvalue weighted by molar-refractivity contribution is 6.40. The van der Waals surface area contributed by atoms with E-state index in [-0.39, 0.29) is 32.7 Å².